The van der Waals surface area contributed by atoms with Gasteiger partial charge in [-0.1, -0.05) is 23.7 Å². The van der Waals surface area contributed by atoms with Gasteiger partial charge in [0.15, 0.2) is 17.3 Å². The van der Waals surface area contributed by atoms with Crippen LogP contribution in [0.15, 0.2) is 47.6 Å². The van der Waals surface area contributed by atoms with Crippen LogP contribution in [-0.4, -0.2) is 25.4 Å². The Labute approximate surface area is 196 Å². The molecule has 0 spiro atoms. The van der Waals surface area contributed by atoms with Crippen LogP contribution >= 0.6 is 11.6 Å². The monoisotopic (exact) mass is 468 g/mol. The molecule has 0 fully saturated rings. The van der Waals surface area contributed by atoms with Crippen LogP contribution in [0.25, 0.3) is 0 Å². The molecule has 0 amide bonds. The predicted octanol–water partition coefficient (Wildman–Crippen LogP) is 5.23. The summed E-state index contributed by atoms with van der Waals surface area (Å²) in [6.45, 7) is 2.31. The van der Waals surface area contributed by atoms with Crippen LogP contribution in [-0.2, 0) is 18.0 Å². The van der Waals surface area contributed by atoms with Gasteiger partial charge < -0.3 is 14.2 Å². The fraction of sp³-hybridized carbons (Fsp3) is 0.208. The van der Waals surface area contributed by atoms with Crippen LogP contribution in [0.4, 0.5) is 10.2 Å². The summed E-state index contributed by atoms with van der Waals surface area (Å²) in [7, 11) is 3.06. The van der Waals surface area contributed by atoms with Crippen molar-refractivity contribution >= 4 is 23.6 Å². The third-order valence-corrected chi connectivity index (χ3v) is 4.85. The first-order valence-corrected chi connectivity index (χ1v) is 10.3. The maximum atomic E-state index is 13.1. The van der Waals surface area contributed by atoms with E-state index >= 15 is 0 Å². The maximum absolute atomic E-state index is 13.1. The largest absolute Gasteiger partial charge is 0.493 e. The number of rotatable bonds is 9. The molecule has 2 aromatic carbocycles. The average Bonchev–Trinajstić information content (AvgIpc) is 2.79. The fourth-order valence-electron chi connectivity index (χ4n) is 3.07. The SMILES string of the molecule is COCc1cc(C)nc(N/N=C\c2cc(Cl)c(OCc3ccc(F)cc3)c(OC)c2)c1C#N. The van der Waals surface area contributed by atoms with Gasteiger partial charge >= 0.3 is 0 Å². The molecular formula is C24H22ClFN4O3. The third-order valence-electron chi connectivity index (χ3n) is 4.57. The Balaban J connectivity index is 1.77. The first-order valence-electron chi connectivity index (χ1n) is 9.88. The lowest BCUT2D eigenvalue weighted by Gasteiger charge is -2.13. The Morgan fingerprint density at radius 1 is 1.18 bits per heavy atom. The molecule has 3 aromatic rings. The molecule has 0 bridgehead atoms. The highest BCUT2D eigenvalue weighted by molar-refractivity contribution is 6.32. The van der Waals surface area contributed by atoms with Crippen molar-refractivity contribution in [3.8, 4) is 17.6 Å². The molecule has 0 saturated heterocycles. The van der Waals surface area contributed by atoms with Gasteiger partial charge in [0.05, 0.1) is 25.0 Å². The summed E-state index contributed by atoms with van der Waals surface area (Å²) in [4.78, 5) is 4.34. The molecule has 1 N–H and O–H groups in total. The minimum Gasteiger partial charge on any atom is -0.493 e. The molecule has 1 heterocycles. The van der Waals surface area contributed by atoms with E-state index < -0.39 is 0 Å². The van der Waals surface area contributed by atoms with E-state index in [0.29, 0.717) is 33.5 Å². The van der Waals surface area contributed by atoms with Crippen LogP contribution < -0.4 is 14.9 Å². The van der Waals surface area contributed by atoms with Gasteiger partial charge in [0.25, 0.3) is 0 Å². The molecule has 0 atom stereocenters. The van der Waals surface area contributed by atoms with E-state index in [2.05, 4.69) is 21.6 Å². The van der Waals surface area contributed by atoms with Crippen molar-refractivity contribution in [1.82, 2.24) is 4.98 Å². The number of hydrazone groups is 1. The second-order valence-corrected chi connectivity index (χ2v) is 7.42. The molecule has 0 aliphatic rings. The highest BCUT2D eigenvalue weighted by atomic mass is 35.5. The molecule has 0 radical (unpaired) electrons. The number of nitriles is 1. The highest BCUT2D eigenvalue weighted by Crippen LogP contribution is 2.36. The summed E-state index contributed by atoms with van der Waals surface area (Å²) in [6.07, 6.45) is 1.53. The second kappa shape index (κ2) is 11.3. The van der Waals surface area contributed by atoms with Gasteiger partial charge in [-0.2, -0.15) is 10.4 Å². The number of pyridine rings is 1. The fourth-order valence-corrected chi connectivity index (χ4v) is 3.35. The Hall–Kier alpha value is -3.67. The lowest BCUT2D eigenvalue weighted by atomic mass is 10.1. The van der Waals surface area contributed by atoms with Crippen molar-refractivity contribution in [2.75, 3.05) is 19.6 Å². The molecular weight excluding hydrogens is 447 g/mol. The van der Waals surface area contributed by atoms with Crippen LogP contribution in [0.1, 0.15) is 27.9 Å². The smallest absolute Gasteiger partial charge is 0.180 e. The number of anilines is 1. The Morgan fingerprint density at radius 2 is 1.94 bits per heavy atom. The number of nitrogens with zero attached hydrogens (tertiary/aromatic N) is 3. The van der Waals surface area contributed by atoms with Gasteiger partial charge in [0, 0.05) is 18.4 Å². The van der Waals surface area contributed by atoms with Gasteiger partial charge in [-0.15, -0.1) is 0 Å². The van der Waals surface area contributed by atoms with E-state index in [4.69, 9.17) is 25.8 Å². The molecule has 33 heavy (non-hydrogen) atoms. The molecule has 0 unspecified atom stereocenters. The van der Waals surface area contributed by atoms with E-state index in [9.17, 15) is 9.65 Å². The van der Waals surface area contributed by atoms with Gasteiger partial charge in [-0.25, -0.2) is 9.37 Å². The molecule has 0 aliphatic carbocycles. The summed E-state index contributed by atoms with van der Waals surface area (Å²) in [5, 5.41) is 14.0. The van der Waals surface area contributed by atoms with Crippen LogP contribution in [0, 0.1) is 24.1 Å². The van der Waals surface area contributed by atoms with E-state index in [-0.39, 0.29) is 19.0 Å². The zero-order valence-electron chi connectivity index (χ0n) is 18.4. The Kier molecular flexibility index (Phi) is 8.19. The quantitative estimate of drug-likeness (QED) is 0.341. The normalized spacial score (nSPS) is 10.8. The third kappa shape index (κ3) is 6.19. The predicted molar refractivity (Wildman–Crippen MR) is 124 cm³/mol. The average molecular weight is 469 g/mol. The van der Waals surface area contributed by atoms with Crippen molar-refractivity contribution in [2.45, 2.75) is 20.1 Å². The minimum atomic E-state index is -0.315. The van der Waals surface area contributed by atoms with Crippen molar-refractivity contribution in [3.63, 3.8) is 0 Å². The summed E-state index contributed by atoms with van der Waals surface area (Å²) >= 11 is 6.41. The number of halogens is 2. The second-order valence-electron chi connectivity index (χ2n) is 7.01. The number of nitrogens with one attached hydrogen (secondary N) is 1. The van der Waals surface area contributed by atoms with Gasteiger partial charge in [-0.05, 0) is 48.4 Å². The Bertz CT molecular complexity index is 1190. The lowest BCUT2D eigenvalue weighted by molar-refractivity contribution is 0.184. The number of hydrogen-bond acceptors (Lipinski definition) is 7. The van der Waals surface area contributed by atoms with Gasteiger partial charge in [0.1, 0.15) is 24.1 Å². The standard InChI is InChI=1S/C24H22ClFN4O3/c1-15-8-18(14-31-2)20(11-27)24(29-15)30-28-12-17-9-21(25)23(22(10-17)32-3)33-13-16-4-6-19(26)7-5-16/h4-10,12H,13-14H2,1-3H3,(H,29,30)/b28-12-. The summed E-state index contributed by atoms with van der Waals surface area (Å²) in [5.74, 6) is 0.798. The number of benzene rings is 2. The highest BCUT2D eigenvalue weighted by Gasteiger charge is 2.13. The molecule has 7 nitrogen and oxygen atoms in total. The summed E-state index contributed by atoms with van der Waals surface area (Å²) in [5.41, 5.74) is 6.05. The van der Waals surface area contributed by atoms with E-state index in [1.165, 1.54) is 25.5 Å². The first kappa shape index (κ1) is 24.0. The van der Waals surface area contributed by atoms with E-state index in [0.717, 1.165) is 16.8 Å². The Morgan fingerprint density at radius 3 is 2.61 bits per heavy atom. The molecule has 9 heteroatoms. The number of methoxy groups -OCH3 is 2. The topological polar surface area (TPSA) is 88.8 Å². The van der Waals surface area contributed by atoms with E-state index in [1.807, 2.05) is 6.92 Å². The molecule has 3 rings (SSSR count). The van der Waals surface area contributed by atoms with Crippen molar-refractivity contribution in [3.05, 3.63) is 81.3 Å². The number of hydrogen-bond donors (Lipinski definition) is 1. The van der Waals surface area contributed by atoms with Gasteiger partial charge in [0.2, 0.25) is 0 Å². The molecule has 0 saturated carbocycles. The number of aryl methyl sites for hydroxylation is 1. The molecule has 170 valence electrons. The molecule has 1 aromatic heterocycles. The minimum absolute atomic E-state index is 0.200. The maximum Gasteiger partial charge on any atom is 0.180 e. The van der Waals surface area contributed by atoms with Crippen LogP contribution in [0.3, 0.4) is 0 Å². The summed E-state index contributed by atoms with van der Waals surface area (Å²) in [6, 6.07) is 13.3. The van der Waals surface area contributed by atoms with Crippen LogP contribution in [0.5, 0.6) is 11.5 Å². The molecule has 0 aliphatic heterocycles. The van der Waals surface area contributed by atoms with Crippen molar-refractivity contribution in [2.24, 2.45) is 5.10 Å². The van der Waals surface area contributed by atoms with Crippen molar-refractivity contribution < 1.29 is 18.6 Å². The first-order chi connectivity index (χ1) is 15.9. The zero-order chi connectivity index (χ0) is 23.8. The van der Waals surface area contributed by atoms with Crippen LogP contribution in [0.2, 0.25) is 5.02 Å². The van der Waals surface area contributed by atoms with E-state index in [1.54, 1.807) is 37.4 Å². The van der Waals surface area contributed by atoms with Gasteiger partial charge in [-0.3, -0.25) is 5.43 Å². The number of ether oxygens (including phenoxy) is 3. The lowest BCUT2D eigenvalue weighted by Crippen LogP contribution is -2.03. The summed E-state index contributed by atoms with van der Waals surface area (Å²) < 4.78 is 29.4. The number of aromatic nitrogens is 1. The zero-order valence-corrected chi connectivity index (χ0v) is 19.1. The van der Waals surface area contributed by atoms with Crippen molar-refractivity contribution in [1.29, 1.82) is 5.26 Å².